The van der Waals surface area contributed by atoms with Crippen molar-refractivity contribution in [3.63, 3.8) is 0 Å². The van der Waals surface area contributed by atoms with Gasteiger partial charge in [-0.05, 0) is 37.6 Å². The lowest BCUT2D eigenvalue weighted by Gasteiger charge is -2.08. The van der Waals surface area contributed by atoms with E-state index < -0.39 is 0 Å². The number of aromatic nitrogens is 2. The van der Waals surface area contributed by atoms with Crippen LogP contribution in [-0.2, 0) is 0 Å². The van der Waals surface area contributed by atoms with Crippen molar-refractivity contribution in [2.45, 2.75) is 20.3 Å². The second-order valence-corrected chi connectivity index (χ2v) is 5.07. The third-order valence-electron chi connectivity index (χ3n) is 2.40. The van der Waals surface area contributed by atoms with Gasteiger partial charge in [-0.2, -0.15) is 4.98 Å². The normalized spacial score (nSPS) is 10.3. The van der Waals surface area contributed by atoms with Gasteiger partial charge in [0, 0.05) is 22.8 Å². The molecule has 5 heteroatoms. The Morgan fingerprint density at radius 3 is 2.63 bits per heavy atom. The predicted octanol–water partition coefficient (Wildman–Crippen LogP) is 4.16. The van der Waals surface area contributed by atoms with Gasteiger partial charge in [-0.3, -0.25) is 0 Å². The topological polar surface area (TPSA) is 47.0 Å². The molecule has 2 aromatic rings. The molecule has 0 aliphatic rings. The molecule has 19 heavy (non-hydrogen) atoms. The third-order valence-corrected chi connectivity index (χ3v) is 2.93. The Bertz CT molecular complexity index is 543. The van der Waals surface area contributed by atoms with Gasteiger partial charge in [-0.25, -0.2) is 4.98 Å². The molecule has 0 fully saturated rings. The van der Waals surface area contributed by atoms with Crippen LogP contribution in [0.1, 0.15) is 19.0 Å². The predicted molar refractivity (Wildman–Crippen MR) is 79.8 cm³/mol. The van der Waals surface area contributed by atoms with Crippen molar-refractivity contribution < 1.29 is 4.74 Å². The van der Waals surface area contributed by atoms with Crippen LogP contribution >= 0.6 is 15.9 Å². The van der Waals surface area contributed by atoms with Crippen molar-refractivity contribution in [3.05, 3.63) is 40.5 Å². The van der Waals surface area contributed by atoms with E-state index in [-0.39, 0.29) is 0 Å². The molecule has 0 spiro atoms. The number of nitrogens with one attached hydrogen (secondary N) is 1. The number of rotatable bonds is 5. The second kappa shape index (κ2) is 6.52. The molecule has 1 aromatic heterocycles. The van der Waals surface area contributed by atoms with Gasteiger partial charge in [-0.15, -0.1) is 0 Å². The van der Waals surface area contributed by atoms with Crippen LogP contribution in [0, 0.1) is 6.92 Å². The minimum Gasteiger partial charge on any atom is -0.439 e. The van der Waals surface area contributed by atoms with Crippen LogP contribution in [0.3, 0.4) is 0 Å². The van der Waals surface area contributed by atoms with Gasteiger partial charge in [0.1, 0.15) is 5.75 Å². The summed E-state index contributed by atoms with van der Waals surface area (Å²) in [6.07, 6.45) is 1.03. The fraction of sp³-hybridized carbons (Fsp3) is 0.286. The molecule has 0 aliphatic carbocycles. The highest BCUT2D eigenvalue weighted by Crippen LogP contribution is 2.22. The second-order valence-electron chi connectivity index (χ2n) is 4.15. The zero-order valence-corrected chi connectivity index (χ0v) is 12.6. The van der Waals surface area contributed by atoms with Crippen molar-refractivity contribution in [2.75, 3.05) is 11.9 Å². The molecule has 1 heterocycles. The van der Waals surface area contributed by atoms with E-state index in [9.17, 15) is 0 Å². The van der Waals surface area contributed by atoms with Crippen LogP contribution < -0.4 is 10.1 Å². The van der Waals surface area contributed by atoms with Crippen molar-refractivity contribution in [1.82, 2.24) is 9.97 Å². The fourth-order valence-electron chi connectivity index (χ4n) is 1.53. The largest absolute Gasteiger partial charge is 0.439 e. The molecule has 4 nitrogen and oxygen atoms in total. The molecule has 0 aliphatic heterocycles. The first-order valence-corrected chi connectivity index (χ1v) is 6.99. The number of ether oxygens (including phenoxy) is 1. The molecule has 0 unspecified atom stereocenters. The van der Waals surface area contributed by atoms with Crippen LogP contribution in [0.2, 0.25) is 0 Å². The van der Waals surface area contributed by atoms with E-state index in [0.29, 0.717) is 11.8 Å². The Labute approximate surface area is 121 Å². The third kappa shape index (κ3) is 4.21. The lowest BCUT2D eigenvalue weighted by atomic mass is 10.3. The summed E-state index contributed by atoms with van der Waals surface area (Å²) in [6.45, 7) is 4.87. The lowest BCUT2D eigenvalue weighted by Crippen LogP contribution is -2.05. The van der Waals surface area contributed by atoms with Gasteiger partial charge < -0.3 is 10.1 Å². The van der Waals surface area contributed by atoms with Crippen molar-refractivity contribution in [1.29, 1.82) is 0 Å². The molecular formula is C14H16BrN3O. The van der Waals surface area contributed by atoms with Gasteiger partial charge in [0.2, 0.25) is 11.8 Å². The molecule has 0 saturated carbocycles. The molecule has 1 aromatic carbocycles. The first-order chi connectivity index (χ1) is 9.17. The zero-order chi connectivity index (χ0) is 13.7. The number of hydrogen-bond acceptors (Lipinski definition) is 4. The van der Waals surface area contributed by atoms with Gasteiger partial charge in [-0.1, -0.05) is 22.9 Å². The van der Waals surface area contributed by atoms with Crippen LogP contribution in [0.5, 0.6) is 11.6 Å². The summed E-state index contributed by atoms with van der Waals surface area (Å²) in [4.78, 5) is 8.65. The molecule has 1 N–H and O–H groups in total. The van der Waals surface area contributed by atoms with E-state index in [1.165, 1.54) is 0 Å². The lowest BCUT2D eigenvalue weighted by molar-refractivity contribution is 0.461. The minimum absolute atomic E-state index is 0.549. The average molecular weight is 322 g/mol. The number of anilines is 1. The standard InChI is InChI=1S/C14H16BrN3O/c1-3-8-16-14-17-10(2)9-13(18-14)19-12-6-4-11(15)5-7-12/h4-7,9H,3,8H2,1-2H3,(H,16,17,18). The molecule has 0 atom stereocenters. The van der Waals surface area contributed by atoms with Crippen molar-refractivity contribution in [3.8, 4) is 11.6 Å². The number of hydrogen-bond donors (Lipinski definition) is 1. The van der Waals surface area contributed by atoms with E-state index in [1.807, 2.05) is 37.3 Å². The summed E-state index contributed by atoms with van der Waals surface area (Å²) in [5, 5.41) is 3.16. The first-order valence-electron chi connectivity index (χ1n) is 6.20. The summed E-state index contributed by atoms with van der Waals surface area (Å²) in [5.41, 5.74) is 0.876. The Morgan fingerprint density at radius 2 is 1.95 bits per heavy atom. The zero-order valence-electron chi connectivity index (χ0n) is 11.0. The van der Waals surface area contributed by atoms with Crippen molar-refractivity contribution in [2.24, 2.45) is 0 Å². The van der Waals surface area contributed by atoms with Gasteiger partial charge >= 0.3 is 0 Å². The summed E-state index contributed by atoms with van der Waals surface area (Å²) >= 11 is 3.39. The minimum atomic E-state index is 0.549. The van der Waals surface area contributed by atoms with Crippen LogP contribution in [-0.4, -0.2) is 16.5 Å². The SMILES string of the molecule is CCCNc1nc(C)cc(Oc2ccc(Br)cc2)n1. The molecule has 0 amide bonds. The molecule has 0 saturated heterocycles. The fourth-order valence-corrected chi connectivity index (χ4v) is 1.80. The Kier molecular flexibility index (Phi) is 4.74. The highest BCUT2D eigenvalue weighted by Gasteiger charge is 2.04. The van der Waals surface area contributed by atoms with Crippen LogP contribution in [0.25, 0.3) is 0 Å². The molecule has 2 rings (SSSR count). The number of aryl methyl sites for hydroxylation is 1. The number of halogens is 1. The number of nitrogens with zero attached hydrogens (tertiary/aromatic N) is 2. The van der Waals surface area contributed by atoms with Crippen molar-refractivity contribution >= 4 is 21.9 Å². The Balaban J connectivity index is 2.15. The molecule has 0 radical (unpaired) electrons. The summed E-state index contributed by atoms with van der Waals surface area (Å²) in [7, 11) is 0. The maximum absolute atomic E-state index is 5.72. The van der Waals surface area contributed by atoms with E-state index in [1.54, 1.807) is 0 Å². The maximum atomic E-state index is 5.72. The molecule has 100 valence electrons. The van der Waals surface area contributed by atoms with E-state index in [0.717, 1.165) is 28.9 Å². The quantitative estimate of drug-likeness (QED) is 0.898. The first kappa shape index (κ1) is 13.8. The van der Waals surface area contributed by atoms with E-state index in [4.69, 9.17) is 4.74 Å². The van der Waals surface area contributed by atoms with Crippen LogP contribution in [0.15, 0.2) is 34.8 Å². The molecular weight excluding hydrogens is 306 g/mol. The Hall–Kier alpha value is -1.62. The van der Waals surface area contributed by atoms with Gasteiger partial charge in [0.25, 0.3) is 0 Å². The van der Waals surface area contributed by atoms with Gasteiger partial charge in [0.05, 0.1) is 0 Å². The highest BCUT2D eigenvalue weighted by atomic mass is 79.9. The monoisotopic (exact) mass is 321 g/mol. The molecule has 0 bridgehead atoms. The highest BCUT2D eigenvalue weighted by molar-refractivity contribution is 9.10. The number of benzene rings is 1. The summed E-state index contributed by atoms with van der Waals surface area (Å²) < 4.78 is 6.74. The van der Waals surface area contributed by atoms with E-state index in [2.05, 4.69) is 38.1 Å². The van der Waals surface area contributed by atoms with Gasteiger partial charge in [0.15, 0.2) is 0 Å². The van der Waals surface area contributed by atoms with Crippen LogP contribution in [0.4, 0.5) is 5.95 Å². The van der Waals surface area contributed by atoms with E-state index >= 15 is 0 Å². The maximum Gasteiger partial charge on any atom is 0.226 e. The summed E-state index contributed by atoms with van der Waals surface area (Å²) in [6, 6.07) is 9.46. The smallest absolute Gasteiger partial charge is 0.226 e. The average Bonchev–Trinajstić information content (AvgIpc) is 2.38. The summed E-state index contributed by atoms with van der Waals surface area (Å²) in [5.74, 6) is 1.91. The Morgan fingerprint density at radius 1 is 1.21 bits per heavy atom.